The number of para-hydroxylation sites is 1. The van der Waals surface area contributed by atoms with Crippen LogP contribution in [0, 0.1) is 20.8 Å². The molecule has 0 aliphatic carbocycles. The number of carbonyl (C=O) groups excluding carboxylic acids is 1. The average molecular weight is 391 g/mol. The molecule has 2 aromatic heterocycles. The van der Waals surface area contributed by atoms with Crippen molar-refractivity contribution >= 4 is 17.5 Å². The molecule has 1 N–H and O–H groups in total. The molecule has 0 spiro atoms. The number of piperazine rings is 1. The molecule has 0 saturated carbocycles. The van der Waals surface area contributed by atoms with Crippen LogP contribution in [-0.4, -0.2) is 56.9 Å². The lowest BCUT2D eigenvalue weighted by molar-refractivity contribution is 0.208. The van der Waals surface area contributed by atoms with Crippen LogP contribution in [0.1, 0.15) is 17.2 Å². The van der Waals surface area contributed by atoms with E-state index in [9.17, 15) is 4.79 Å². The molecule has 0 atom stereocenters. The van der Waals surface area contributed by atoms with E-state index in [0.29, 0.717) is 18.9 Å². The van der Waals surface area contributed by atoms with Crippen molar-refractivity contribution in [1.82, 2.24) is 24.6 Å². The van der Waals surface area contributed by atoms with Gasteiger partial charge in [-0.2, -0.15) is 5.10 Å². The van der Waals surface area contributed by atoms with E-state index in [0.717, 1.165) is 41.8 Å². The third-order valence-corrected chi connectivity index (χ3v) is 4.95. The van der Waals surface area contributed by atoms with Gasteiger partial charge in [0.25, 0.3) is 0 Å². The van der Waals surface area contributed by atoms with Gasteiger partial charge < -0.3 is 15.1 Å². The predicted molar refractivity (Wildman–Crippen MR) is 113 cm³/mol. The number of benzene rings is 1. The third-order valence-electron chi connectivity index (χ3n) is 4.95. The van der Waals surface area contributed by atoms with Gasteiger partial charge >= 0.3 is 6.03 Å². The van der Waals surface area contributed by atoms with Gasteiger partial charge in [-0.1, -0.05) is 18.2 Å². The molecule has 8 heteroatoms. The monoisotopic (exact) mass is 391 g/mol. The van der Waals surface area contributed by atoms with E-state index in [1.807, 2.05) is 72.8 Å². The maximum absolute atomic E-state index is 12.5. The van der Waals surface area contributed by atoms with Crippen LogP contribution in [0.15, 0.2) is 42.5 Å². The Bertz CT molecular complexity index is 1010. The van der Waals surface area contributed by atoms with E-state index in [2.05, 4.69) is 25.3 Å². The van der Waals surface area contributed by atoms with Gasteiger partial charge in [-0.3, -0.25) is 0 Å². The second-order valence-electron chi connectivity index (χ2n) is 7.24. The second kappa shape index (κ2) is 7.90. The number of nitrogens with one attached hydrogen (secondary N) is 1. The minimum absolute atomic E-state index is 0.0713. The number of hydrogen-bond acceptors (Lipinski definition) is 5. The van der Waals surface area contributed by atoms with Crippen molar-refractivity contribution in [2.24, 2.45) is 0 Å². The van der Waals surface area contributed by atoms with Crippen LogP contribution < -0.4 is 10.2 Å². The van der Waals surface area contributed by atoms with Gasteiger partial charge in [0.05, 0.1) is 5.69 Å². The molecule has 1 aromatic carbocycles. The highest BCUT2D eigenvalue weighted by atomic mass is 16.2. The lowest BCUT2D eigenvalue weighted by atomic mass is 10.3. The van der Waals surface area contributed by atoms with Gasteiger partial charge in [0.15, 0.2) is 5.82 Å². The molecule has 150 valence electrons. The summed E-state index contributed by atoms with van der Waals surface area (Å²) in [4.78, 5) is 25.7. The van der Waals surface area contributed by atoms with Crippen molar-refractivity contribution < 1.29 is 4.79 Å². The standard InChI is InChI=1S/C21H25N7O/c1-15-13-16(2)28(25-15)20-14-19(22-17(3)23-20)26-9-11-27(12-10-26)21(29)24-18-7-5-4-6-8-18/h4-8,13-14H,9-12H2,1-3H3,(H,24,29). The summed E-state index contributed by atoms with van der Waals surface area (Å²) in [5.74, 6) is 2.33. The fraction of sp³-hybridized carbons (Fsp3) is 0.333. The minimum Gasteiger partial charge on any atom is -0.353 e. The van der Waals surface area contributed by atoms with Crippen LogP contribution in [0.2, 0.25) is 0 Å². The summed E-state index contributed by atoms with van der Waals surface area (Å²) in [6.45, 7) is 8.58. The van der Waals surface area contributed by atoms with Crippen molar-refractivity contribution in [3.05, 3.63) is 59.7 Å². The summed E-state index contributed by atoms with van der Waals surface area (Å²) in [5.41, 5.74) is 2.80. The Balaban J connectivity index is 1.44. The Kier molecular flexibility index (Phi) is 5.16. The molecule has 3 heterocycles. The Morgan fingerprint density at radius 1 is 0.931 bits per heavy atom. The molecule has 0 radical (unpaired) electrons. The van der Waals surface area contributed by atoms with Crippen LogP contribution in [0.3, 0.4) is 0 Å². The lowest BCUT2D eigenvalue weighted by Crippen LogP contribution is -2.50. The molecule has 1 aliphatic rings. The zero-order valence-corrected chi connectivity index (χ0v) is 17.0. The summed E-state index contributed by atoms with van der Waals surface area (Å²) in [6, 6.07) is 13.4. The van der Waals surface area contributed by atoms with E-state index >= 15 is 0 Å². The number of hydrogen-bond donors (Lipinski definition) is 1. The zero-order chi connectivity index (χ0) is 20.4. The van der Waals surface area contributed by atoms with Crippen LogP contribution in [-0.2, 0) is 0 Å². The van der Waals surface area contributed by atoms with Gasteiger partial charge in [0.1, 0.15) is 11.6 Å². The normalized spacial score (nSPS) is 14.2. The van der Waals surface area contributed by atoms with Crippen LogP contribution in [0.4, 0.5) is 16.3 Å². The van der Waals surface area contributed by atoms with E-state index in [1.54, 1.807) is 0 Å². The minimum atomic E-state index is -0.0713. The van der Waals surface area contributed by atoms with Crippen molar-refractivity contribution in [1.29, 1.82) is 0 Å². The summed E-state index contributed by atoms with van der Waals surface area (Å²) < 4.78 is 1.84. The van der Waals surface area contributed by atoms with Crippen LogP contribution in [0.25, 0.3) is 5.82 Å². The smallest absolute Gasteiger partial charge is 0.321 e. The SMILES string of the molecule is Cc1cc(C)n(-c2cc(N3CCN(C(=O)Nc4ccccc4)CC3)nc(C)n2)n1. The maximum Gasteiger partial charge on any atom is 0.321 e. The molecule has 8 nitrogen and oxygen atoms in total. The number of anilines is 2. The number of urea groups is 1. The topological polar surface area (TPSA) is 79.2 Å². The predicted octanol–water partition coefficient (Wildman–Crippen LogP) is 2.94. The number of aryl methyl sites for hydroxylation is 3. The van der Waals surface area contributed by atoms with Crippen molar-refractivity contribution in [3.63, 3.8) is 0 Å². The number of amides is 2. The summed E-state index contributed by atoms with van der Waals surface area (Å²) >= 11 is 0. The molecule has 1 fully saturated rings. The van der Waals surface area contributed by atoms with Gasteiger partial charge in [-0.15, -0.1) is 0 Å². The van der Waals surface area contributed by atoms with Crippen molar-refractivity contribution in [2.45, 2.75) is 20.8 Å². The first kappa shape index (κ1) is 18.9. The van der Waals surface area contributed by atoms with Crippen molar-refractivity contribution in [3.8, 4) is 5.82 Å². The highest BCUT2D eigenvalue weighted by Crippen LogP contribution is 2.19. The summed E-state index contributed by atoms with van der Waals surface area (Å²) in [7, 11) is 0. The molecule has 3 aromatic rings. The first-order valence-electron chi connectivity index (χ1n) is 9.75. The van der Waals surface area contributed by atoms with E-state index in [1.165, 1.54) is 0 Å². The lowest BCUT2D eigenvalue weighted by Gasteiger charge is -2.35. The third kappa shape index (κ3) is 4.21. The molecule has 4 rings (SSSR count). The Morgan fingerprint density at radius 2 is 1.62 bits per heavy atom. The Labute approximate surface area is 170 Å². The van der Waals surface area contributed by atoms with Crippen LogP contribution >= 0.6 is 0 Å². The molecule has 0 bridgehead atoms. The molecule has 0 unspecified atom stereocenters. The molecular formula is C21H25N7O. The summed E-state index contributed by atoms with van der Waals surface area (Å²) in [5, 5.41) is 7.48. The van der Waals surface area contributed by atoms with E-state index in [-0.39, 0.29) is 6.03 Å². The molecule has 1 saturated heterocycles. The van der Waals surface area contributed by atoms with Gasteiger partial charge in [0, 0.05) is 43.6 Å². The molecular weight excluding hydrogens is 366 g/mol. The number of rotatable bonds is 3. The molecule has 1 aliphatic heterocycles. The van der Waals surface area contributed by atoms with Gasteiger partial charge in [-0.05, 0) is 39.0 Å². The van der Waals surface area contributed by atoms with Gasteiger partial charge in [-0.25, -0.2) is 19.4 Å². The maximum atomic E-state index is 12.5. The van der Waals surface area contributed by atoms with Gasteiger partial charge in [0.2, 0.25) is 0 Å². The fourth-order valence-corrected chi connectivity index (χ4v) is 3.53. The Hall–Kier alpha value is -3.42. The molecule has 2 amide bonds. The quantitative estimate of drug-likeness (QED) is 0.743. The first-order chi connectivity index (χ1) is 14.0. The average Bonchev–Trinajstić information content (AvgIpc) is 3.06. The largest absolute Gasteiger partial charge is 0.353 e. The van der Waals surface area contributed by atoms with Crippen molar-refractivity contribution in [2.75, 3.05) is 36.4 Å². The first-order valence-corrected chi connectivity index (χ1v) is 9.75. The highest BCUT2D eigenvalue weighted by molar-refractivity contribution is 5.89. The second-order valence-corrected chi connectivity index (χ2v) is 7.24. The van der Waals surface area contributed by atoms with Crippen LogP contribution in [0.5, 0.6) is 0 Å². The number of carbonyl (C=O) groups is 1. The van der Waals surface area contributed by atoms with E-state index in [4.69, 9.17) is 0 Å². The number of aromatic nitrogens is 4. The fourth-order valence-electron chi connectivity index (χ4n) is 3.53. The number of nitrogens with zero attached hydrogens (tertiary/aromatic N) is 6. The zero-order valence-electron chi connectivity index (χ0n) is 17.0. The highest BCUT2D eigenvalue weighted by Gasteiger charge is 2.23. The summed E-state index contributed by atoms with van der Waals surface area (Å²) in [6.07, 6.45) is 0. The molecule has 29 heavy (non-hydrogen) atoms. The van der Waals surface area contributed by atoms with E-state index < -0.39 is 0 Å². The Morgan fingerprint density at radius 3 is 2.28 bits per heavy atom.